The van der Waals surface area contributed by atoms with E-state index in [1.807, 2.05) is 0 Å². The molecule has 0 amide bonds. The van der Waals surface area contributed by atoms with Gasteiger partial charge in [-0.15, -0.1) is 0 Å². The number of hydrogen-bond acceptors (Lipinski definition) is 1. The van der Waals surface area contributed by atoms with Crippen molar-refractivity contribution in [2.45, 2.75) is 32.1 Å². The van der Waals surface area contributed by atoms with E-state index in [9.17, 15) is 0 Å². The molecule has 1 nitrogen and oxygen atoms in total. The summed E-state index contributed by atoms with van der Waals surface area (Å²) in [5.41, 5.74) is 2.73. The van der Waals surface area contributed by atoms with E-state index in [0.29, 0.717) is 5.92 Å². The maximum Gasteiger partial charge on any atom is 0.0921 e. The van der Waals surface area contributed by atoms with Crippen LogP contribution in [0.1, 0.15) is 31.2 Å². The Morgan fingerprint density at radius 1 is 1.33 bits per heavy atom. The molecule has 0 bridgehead atoms. The molecule has 1 aromatic rings. The molecule has 2 rings (SSSR count). The lowest BCUT2D eigenvalue weighted by molar-refractivity contribution is 0.260. The van der Waals surface area contributed by atoms with Gasteiger partial charge in [-0.2, -0.15) is 0 Å². The third kappa shape index (κ3) is 3.49. The van der Waals surface area contributed by atoms with E-state index in [2.05, 4.69) is 43.0 Å². The summed E-state index contributed by atoms with van der Waals surface area (Å²) in [5.74, 6) is 1.64. The molecule has 96 valence electrons. The Balaban J connectivity index is 1.88. The monoisotopic (exact) mass is 242 g/mol. The van der Waals surface area contributed by atoms with Gasteiger partial charge < -0.3 is 4.74 Å². The maximum absolute atomic E-state index is 5.35. The van der Waals surface area contributed by atoms with Gasteiger partial charge in [0, 0.05) is 12.3 Å². The van der Waals surface area contributed by atoms with Crippen LogP contribution in [0.15, 0.2) is 54.3 Å². The molecule has 0 N–H and O–H groups in total. The molecule has 1 heteroatoms. The summed E-state index contributed by atoms with van der Waals surface area (Å²) in [6, 6.07) is 10.6. The third-order valence-electron chi connectivity index (χ3n) is 3.69. The molecule has 0 saturated heterocycles. The Morgan fingerprint density at radius 3 is 2.83 bits per heavy atom. The van der Waals surface area contributed by atoms with Crippen molar-refractivity contribution in [3.63, 3.8) is 0 Å². The summed E-state index contributed by atoms with van der Waals surface area (Å²) in [7, 11) is 1.76. The van der Waals surface area contributed by atoms with Crippen LogP contribution in [0, 0.1) is 5.92 Å². The van der Waals surface area contributed by atoms with Crippen molar-refractivity contribution >= 4 is 0 Å². The molecule has 0 heterocycles. The highest BCUT2D eigenvalue weighted by Gasteiger charge is 2.16. The Labute approximate surface area is 110 Å². The third-order valence-corrected chi connectivity index (χ3v) is 3.69. The molecule has 0 saturated carbocycles. The van der Waals surface area contributed by atoms with Crippen molar-refractivity contribution in [3.05, 3.63) is 59.9 Å². The van der Waals surface area contributed by atoms with Crippen molar-refractivity contribution in [1.29, 1.82) is 0 Å². The van der Waals surface area contributed by atoms with E-state index in [1.165, 1.54) is 24.0 Å². The standard InChI is InChI=1S/C17H22O/c1-14(11-12-15-7-4-3-5-8-15)16-9-6-10-17(13-16)18-2/h3-5,7-8,13,16H,1,6,9-12H2,2H3. The molecule has 1 aromatic carbocycles. The summed E-state index contributed by atoms with van der Waals surface area (Å²) in [5, 5.41) is 0. The van der Waals surface area contributed by atoms with Crippen molar-refractivity contribution < 1.29 is 4.74 Å². The SMILES string of the molecule is C=C(CCc1ccccc1)C1C=C(OC)CCC1. The van der Waals surface area contributed by atoms with Gasteiger partial charge >= 0.3 is 0 Å². The van der Waals surface area contributed by atoms with Crippen LogP contribution in [0.5, 0.6) is 0 Å². The van der Waals surface area contributed by atoms with Gasteiger partial charge in [-0.25, -0.2) is 0 Å². The number of benzene rings is 1. The van der Waals surface area contributed by atoms with Gasteiger partial charge in [-0.1, -0.05) is 42.5 Å². The first-order valence-corrected chi connectivity index (χ1v) is 6.76. The van der Waals surface area contributed by atoms with Crippen LogP contribution in [0.3, 0.4) is 0 Å². The highest BCUT2D eigenvalue weighted by Crippen LogP contribution is 2.29. The number of aryl methyl sites for hydroxylation is 1. The molecule has 0 fully saturated rings. The number of rotatable bonds is 5. The van der Waals surface area contributed by atoms with Crippen LogP contribution in [-0.2, 0) is 11.2 Å². The second-order valence-electron chi connectivity index (χ2n) is 4.98. The minimum atomic E-state index is 0.511. The Morgan fingerprint density at radius 2 is 2.11 bits per heavy atom. The molecular formula is C17H22O. The minimum Gasteiger partial charge on any atom is -0.501 e. The highest BCUT2D eigenvalue weighted by molar-refractivity contribution is 5.19. The smallest absolute Gasteiger partial charge is 0.0921 e. The Kier molecular flexibility index (Phi) is 4.63. The quantitative estimate of drug-likeness (QED) is 0.690. The molecule has 1 aliphatic carbocycles. The average Bonchev–Trinajstić information content (AvgIpc) is 2.46. The minimum absolute atomic E-state index is 0.511. The average molecular weight is 242 g/mol. The zero-order valence-corrected chi connectivity index (χ0v) is 11.2. The largest absolute Gasteiger partial charge is 0.501 e. The zero-order valence-electron chi connectivity index (χ0n) is 11.2. The van der Waals surface area contributed by atoms with Gasteiger partial charge in [-0.05, 0) is 37.3 Å². The van der Waals surface area contributed by atoms with Gasteiger partial charge in [0.05, 0.1) is 12.9 Å². The highest BCUT2D eigenvalue weighted by atomic mass is 16.5. The van der Waals surface area contributed by atoms with Crippen LogP contribution < -0.4 is 0 Å². The predicted octanol–water partition coefficient (Wildman–Crippen LogP) is 4.51. The topological polar surface area (TPSA) is 9.23 Å². The lowest BCUT2D eigenvalue weighted by Gasteiger charge is -2.22. The van der Waals surface area contributed by atoms with Crippen LogP contribution in [-0.4, -0.2) is 7.11 Å². The fourth-order valence-electron chi connectivity index (χ4n) is 2.51. The van der Waals surface area contributed by atoms with Gasteiger partial charge in [0.1, 0.15) is 0 Å². The molecule has 0 aromatic heterocycles. The molecular weight excluding hydrogens is 220 g/mol. The number of allylic oxidation sites excluding steroid dienone is 3. The van der Waals surface area contributed by atoms with Crippen molar-refractivity contribution in [1.82, 2.24) is 0 Å². The van der Waals surface area contributed by atoms with Crippen LogP contribution in [0.2, 0.25) is 0 Å². The van der Waals surface area contributed by atoms with E-state index >= 15 is 0 Å². The summed E-state index contributed by atoms with van der Waals surface area (Å²) >= 11 is 0. The fourth-order valence-corrected chi connectivity index (χ4v) is 2.51. The van der Waals surface area contributed by atoms with Crippen molar-refractivity contribution in [3.8, 4) is 0 Å². The second-order valence-corrected chi connectivity index (χ2v) is 4.98. The summed E-state index contributed by atoms with van der Waals surface area (Å²) in [6.45, 7) is 4.26. The number of hydrogen-bond donors (Lipinski definition) is 0. The van der Waals surface area contributed by atoms with Crippen molar-refractivity contribution in [2.75, 3.05) is 7.11 Å². The van der Waals surface area contributed by atoms with Crippen LogP contribution in [0.4, 0.5) is 0 Å². The lowest BCUT2D eigenvalue weighted by Crippen LogP contribution is -2.08. The van der Waals surface area contributed by atoms with E-state index in [-0.39, 0.29) is 0 Å². The van der Waals surface area contributed by atoms with E-state index in [4.69, 9.17) is 4.74 Å². The fraction of sp³-hybridized carbons (Fsp3) is 0.412. The summed E-state index contributed by atoms with van der Waals surface area (Å²) in [6.07, 6.45) is 7.94. The number of ether oxygens (including phenoxy) is 1. The maximum atomic E-state index is 5.35. The predicted molar refractivity (Wildman–Crippen MR) is 76.3 cm³/mol. The molecule has 0 aliphatic heterocycles. The van der Waals surface area contributed by atoms with E-state index in [0.717, 1.165) is 25.0 Å². The Hall–Kier alpha value is -1.50. The van der Waals surface area contributed by atoms with E-state index < -0.39 is 0 Å². The van der Waals surface area contributed by atoms with Crippen molar-refractivity contribution in [2.24, 2.45) is 5.92 Å². The molecule has 18 heavy (non-hydrogen) atoms. The van der Waals surface area contributed by atoms with Gasteiger partial charge in [0.2, 0.25) is 0 Å². The lowest BCUT2D eigenvalue weighted by atomic mass is 9.86. The molecule has 0 radical (unpaired) electrons. The first-order chi connectivity index (χ1) is 8.79. The number of methoxy groups -OCH3 is 1. The molecule has 1 atom stereocenters. The van der Waals surface area contributed by atoms with Gasteiger partial charge in [0.15, 0.2) is 0 Å². The zero-order chi connectivity index (χ0) is 12.8. The molecule has 1 unspecified atom stereocenters. The molecule has 0 spiro atoms. The van der Waals surface area contributed by atoms with Crippen LogP contribution >= 0.6 is 0 Å². The Bertz CT molecular complexity index is 416. The first kappa shape index (κ1) is 12.9. The van der Waals surface area contributed by atoms with Crippen LogP contribution in [0.25, 0.3) is 0 Å². The summed E-state index contributed by atoms with van der Waals surface area (Å²) < 4.78 is 5.35. The molecule has 1 aliphatic rings. The summed E-state index contributed by atoms with van der Waals surface area (Å²) in [4.78, 5) is 0. The van der Waals surface area contributed by atoms with Gasteiger partial charge in [0.25, 0.3) is 0 Å². The van der Waals surface area contributed by atoms with E-state index in [1.54, 1.807) is 7.11 Å². The normalized spacial score (nSPS) is 19.2. The van der Waals surface area contributed by atoms with Gasteiger partial charge in [-0.3, -0.25) is 0 Å². The second kappa shape index (κ2) is 6.44. The first-order valence-electron chi connectivity index (χ1n) is 6.76.